The minimum Gasteiger partial charge on any atom is -0.267 e. The number of rotatable bonds is 6. The molecular weight excluding hydrogens is 292 g/mol. The molecule has 1 aromatic carbocycles. The second kappa shape index (κ2) is 7.67. The number of nitrogens with zero attached hydrogens (tertiary/aromatic N) is 3. The van der Waals surface area contributed by atoms with E-state index in [2.05, 4.69) is 29.5 Å². The lowest BCUT2D eigenvalue weighted by Crippen LogP contribution is -2.27. The van der Waals surface area contributed by atoms with Gasteiger partial charge in [-0.05, 0) is 18.9 Å². The van der Waals surface area contributed by atoms with Crippen LogP contribution in [0.1, 0.15) is 50.0 Å². The van der Waals surface area contributed by atoms with E-state index in [-0.39, 0.29) is 11.3 Å². The first-order chi connectivity index (χ1) is 11.1. The Kier molecular flexibility index (Phi) is 5.62. The fourth-order valence-corrected chi connectivity index (χ4v) is 2.46. The summed E-state index contributed by atoms with van der Waals surface area (Å²) in [5.41, 5.74) is 3.53. The number of aromatic nitrogens is 2. The van der Waals surface area contributed by atoms with Gasteiger partial charge in [0.25, 0.3) is 11.5 Å². The third kappa shape index (κ3) is 3.83. The highest BCUT2D eigenvalue weighted by Crippen LogP contribution is 2.12. The fraction of sp³-hybridized carbons (Fsp3) is 0.412. The van der Waals surface area contributed by atoms with E-state index in [0.717, 1.165) is 31.4 Å². The second-order valence-corrected chi connectivity index (χ2v) is 5.44. The number of aryl methyl sites for hydroxylation is 1. The van der Waals surface area contributed by atoms with Gasteiger partial charge in [-0.2, -0.15) is 10.2 Å². The Hall–Kier alpha value is -2.50. The Balaban J connectivity index is 2.36. The van der Waals surface area contributed by atoms with E-state index in [1.165, 1.54) is 11.7 Å². The van der Waals surface area contributed by atoms with Crippen molar-refractivity contribution in [2.45, 2.75) is 39.5 Å². The van der Waals surface area contributed by atoms with Gasteiger partial charge in [-0.15, -0.1) is 0 Å². The molecular formula is C17H22N4O2. The monoisotopic (exact) mass is 314 g/mol. The van der Waals surface area contributed by atoms with Crippen molar-refractivity contribution in [2.75, 3.05) is 0 Å². The minimum absolute atomic E-state index is 0.207. The van der Waals surface area contributed by atoms with E-state index < -0.39 is 5.91 Å². The number of fused-ring (bicyclic) bond motifs is 1. The van der Waals surface area contributed by atoms with Crippen LogP contribution in [-0.4, -0.2) is 21.4 Å². The Bertz CT molecular complexity index is 785. The molecule has 1 heterocycles. The number of hydrogen-bond donors (Lipinski definition) is 1. The Morgan fingerprint density at radius 3 is 2.39 bits per heavy atom. The quantitative estimate of drug-likeness (QED) is 0.658. The summed E-state index contributed by atoms with van der Waals surface area (Å²) in [6, 6.07) is 6.97. The van der Waals surface area contributed by atoms with Gasteiger partial charge in [-0.25, -0.2) is 10.1 Å². The molecule has 6 nitrogen and oxygen atoms in total. The van der Waals surface area contributed by atoms with Crippen molar-refractivity contribution in [3.63, 3.8) is 0 Å². The van der Waals surface area contributed by atoms with E-state index >= 15 is 0 Å². The molecule has 6 heteroatoms. The highest BCUT2D eigenvalue weighted by molar-refractivity contribution is 6.05. The summed E-state index contributed by atoms with van der Waals surface area (Å²) < 4.78 is 1.18. The summed E-state index contributed by atoms with van der Waals surface area (Å²) in [6.45, 7) is 4.16. The number of nitrogens with one attached hydrogen (secondary N) is 1. The molecule has 0 bridgehead atoms. The van der Waals surface area contributed by atoms with Crippen molar-refractivity contribution < 1.29 is 4.79 Å². The van der Waals surface area contributed by atoms with Crippen molar-refractivity contribution in [3.8, 4) is 0 Å². The molecule has 1 N–H and O–H groups in total. The predicted molar refractivity (Wildman–Crippen MR) is 91.7 cm³/mol. The van der Waals surface area contributed by atoms with Crippen molar-refractivity contribution in [1.29, 1.82) is 0 Å². The molecule has 0 spiro atoms. The molecule has 0 atom stereocenters. The molecule has 122 valence electrons. The van der Waals surface area contributed by atoms with Crippen LogP contribution in [0, 0.1) is 0 Å². The van der Waals surface area contributed by atoms with E-state index in [1.807, 2.05) is 0 Å². The lowest BCUT2D eigenvalue weighted by Gasteiger charge is -2.08. The van der Waals surface area contributed by atoms with Crippen LogP contribution >= 0.6 is 0 Å². The molecule has 0 aliphatic heterocycles. The molecule has 0 aliphatic carbocycles. The van der Waals surface area contributed by atoms with Crippen LogP contribution in [0.5, 0.6) is 0 Å². The summed E-state index contributed by atoms with van der Waals surface area (Å²) in [6.07, 6.45) is 3.68. The summed E-state index contributed by atoms with van der Waals surface area (Å²) in [5.74, 6) is -0.401. The predicted octanol–water partition coefficient (Wildman–Crippen LogP) is 2.62. The van der Waals surface area contributed by atoms with Gasteiger partial charge in [0.15, 0.2) is 5.69 Å². The minimum atomic E-state index is -0.401. The molecule has 0 saturated carbocycles. The molecule has 2 rings (SSSR count). The maximum Gasteiger partial charge on any atom is 0.292 e. The maximum absolute atomic E-state index is 12.4. The van der Waals surface area contributed by atoms with Crippen LogP contribution in [0.2, 0.25) is 0 Å². The highest BCUT2D eigenvalue weighted by atomic mass is 16.2. The number of hydrogen-bond acceptors (Lipinski definition) is 4. The highest BCUT2D eigenvalue weighted by Gasteiger charge is 2.15. The molecule has 1 aromatic heterocycles. The average molecular weight is 314 g/mol. The van der Waals surface area contributed by atoms with Gasteiger partial charge in [-0.1, -0.05) is 44.9 Å². The molecule has 0 aliphatic rings. The normalized spacial score (nSPS) is 10.6. The van der Waals surface area contributed by atoms with Gasteiger partial charge in [0.1, 0.15) is 0 Å². The lowest BCUT2D eigenvalue weighted by molar-refractivity contribution is 0.0949. The van der Waals surface area contributed by atoms with Crippen LogP contribution in [-0.2, 0) is 7.05 Å². The molecule has 0 unspecified atom stereocenters. The van der Waals surface area contributed by atoms with Crippen LogP contribution in [0.15, 0.2) is 34.2 Å². The standard InChI is InChI=1S/C17H22N4O2/c1-4-8-12(9-5-2)18-19-16(22)15-13-10-6-7-11-14(13)17(23)21(3)20-15/h6-7,10-11H,4-5,8-9H2,1-3H3,(H,19,22). The van der Waals surface area contributed by atoms with Gasteiger partial charge in [0.2, 0.25) is 0 Å². The Labute approximate surface area is 135 Å². The zero-order valence-corrected chi connectivity index (χ0v) is 13.8. The molecule has 0 saturated heterocycles. The summed E-state index contributed by atoms with van der Waals surface area (Å²) in [7, 11) is 1.54. The average Bonchev–Trinajstić information content (AvgIpc) is 2.56. The Morgan fingerprint density at radius 1 is 1.17 bits per heavy atom. The van der Waals surface area contributed by atoms with E-state index in [1.54, 1.807) is 24.3 Å². The smallest absolute Gasteiger partial charge is 0.267 e. The third-order valence-electron chi connectivity index (χ3n) is 3.56. The zero-order valence-electron chi connectivity index (χ0n) is 13.8. The fourth-order valence-electron chi connectivity index (χ4n) is 2.46. The molecule has 0 radical (unpaired) electrons. The third-order valence-corrected chi connectivity index (χ3v) is 3.56. The summed E-state index contributed by atoms with van der Waals surface area (Å²) in [5, 5.41) is 9.33. The SMILES string of the molecule is CCCC(CCC)=NNC(=O)c1nn(C)c(=O)c2ccccc12. The van der Waals surface area contributed by atoms with Gasteiger partial charge < -0.3 is 0 Å². The van der Waals surface area contributed by atoms with Crippen LogP contribution < -0.4 is 11.0 Å². The van der Waals surface area contributed by atoms with Crippen molar-refractivity contribution >= 4 is 22.4 Å². The molecule has 1 amide bonds. The largest absolute Gasteiger partial charge is 0.292 e. The van der Waals surface area contributed by atoms with Crippen LogP contribution in [0.4, 0.5) is 0 Å². The number of carbonyl (C=O) groups is 1. The van der Waals surface area contributed by atoms with Crippen LogP contribution in [0.3, 0.4) is 0 Å². The summed E-state index contributed by atoms with van der Waals surface area (Å²) in [4.78, 5) is 24.5. The van der Waals surface area contributed by atoms with Gasteiger partial charge in [0.05, 0.1) is 5.39 Å². The second-order valence-electron chi connectivity index (χ2n) is 5.44. The number of benzene rings is 1. The van der Waals surface area contributed by atoms with E-state index in [9.17, 15) is 9.59 Å². The van der Waals surface area contributed by atoms with Gasteiger partial charge in [0, 0.05) is 18.1 Å². The summed E-state index contributed by atoms with van der Waals surface area (Å²) >= 11 is 0. The van der Waals surface area contributed by atoms with Crippen LogP contribution in [0.25, 0.3) is 10.8 Å². The first-order valence-corrected chi connectivity index (χ1v) is 7.90. The van der Waals surface area contributed by atoms with Crippen molar-refractivity contribution in [2.24, 2.45) is 12.1 Å². The number of hydrazone groups is 1. The zero-order chi connectivity index (χ0) is 16.8. The number of amides is 1. The van der Waals surface area contributed by atoms with Crippen molar-refractivity contribution in [1.82, 2.24) is 15.2 Å². The topological polar surface area (TPSA) is 76.3 Å². The van der Waals surface area contributed by atoms with Crippen molar-refractivity contribution in [3.05, 3.63) is 40.3 Å². The van der Waals surface area contributed by atoms with E-state index in [0.29, 0.717) is 10.8 Å². The van der Waals surface area contributed by atoms with Gasteiger partial charge in [-0.3, -0.25) is 9.59 Å². The molecule has 2 aromatic rings. The molecule has 0 fully saturated rings. The first kappa shape index (κ1) is 16.9. The number of carbonyl (C=O) groups excluding carboxylic acids is 1. The first-order valence-electron chi connectivity index (χ1n) is 7.90. The Morgan fingerprint density at radius 2 is 1.78 bits per heavy atom. The lowest BCUT2D eigenvalue weighted by atomic mass is 10.1. The maximum atomic E-state index is 12.4. The molecule has 23 heavy (non-hydrogen) atoms. The van der Waals surface area contributed by atoms with Gasteiger partial charge >= 0.3 is 0 Å². The van der Waals surface area contributed by atoms with E-state index in [4.69, 9.17) is 0 Å².